The minimum Gasteiger partial charge on any atom is -0.381 e. The van der Waals surface area contributed by atoms with Gasteiger partial charge < -0.3 is 15.0 Å². The van der Waals surface area contributed by atoms with Crippen LogP contribution in [0.25, 0.3) is 0 Å². The summed E-state index contributed by atoms with van der Waals surface area (Å²) in [4.78, 5) is 15.5. The molecule has 0 spiro atoms. The monoisotopic (exact) mass is 531 g/mol. The molecule has 2 aromatic rings. The lowest BCUT2D eigenvalue weighted by molar-refractivity contribution is 0.140. The van der Waals surface area contributed by atoms with Crippen LogP contribution in [0.1, 0.15) is 50.1 Å². The summed E-state index contributed by atoms with van der Waals surface area (Å²) in [6, 6.07) is 10.9. The summed E-state index contributed by atoms with van der Waals surface area (Å²) in [5, 5.41) is 15.8. The van der Waals surface area contributed by atoms with Crippen LogP contribution in [0.5, 0.6) is 0 Å². The van der Waals surface area contributed by atoms with Gasteiger partial charge >= 0.3 is 0 Å². The van der Waals surface area contributed by atoms with E-state index < -0.39 is 15.1 Å². The molecule has 9 nitrogen and oxygen atoms in total. The fourth-order valence-electron chi connectivity index (χ4n) is 5.26. The Labute approximate surface area is 215 Å². The lowest BCUT2D eigenvalue weighted by Gasteiger charge is -2.39. The average Bonchev–Trinajstić information content (AvgIpc) is 3.72. The van der Waals surface area contributed by atoms with E-state index in [1.54, 1.807) is 0 Å². The number of benzene rings is 1. The molecule has 1 saturated heterocycles. The lowest BCUT2D eigenvalue weighted by atomic mass is 9.89. The maximum atomic E-state index is 13.0. The molecule has 5 rings (SSSR count). The minimum absolute atomic E-state index is 0.00104. The van der Waals surface area contributed by atoms with Crippen LogP contribution < -0.4 is 15.8 Å². The van der Waals surface area contributed by atoms with Crippen molar-refractivity contribution in [3.8, 4) is 6.07 Å². The molecule has 1 aliphatic heterocycles. The van der Waals surface area contributed by atoms with E-state index in [-0.39, 0.29) is 42.1 Å². The molecule has 3 fully saturated rings. The van der Waals surface area contributed by atoms with Gasteiger partial charge in [0.2, 0.25) is 0 Å². The third kappa shape index (κ3) is 5.24. The SMILES string of the molecule is N#Cc1ccc(N(C2CC2)[C@H]2CC[C@H](n3ncc(NC[C@@H]4COCCS4(=O)=O)c(Cl)c3=O)CC2)cc1. The van der Waals surface area contributed by atoms with Crippen LogP contribution in [0.3, 0.4) is 0 Å². The molecule has 3 aliphatic rings. The van der Waals surface area contributed by atoms with Gasteiger partial charge in [-0.15, -0.1) is 0 Å². The second-order valence-electron chi connectivity index (χ2n) is 9.83. The van der Waals surface area contributed by atoms with Gasteiger partial charge in [0.25, 0.3) is 5.56 Å². The largest absolute Gasteiger partial charge is 0.381 e. The van der Waals surface area contributed by atoms with Crippen molar-refractivity contribution in [3.05, 3.63) is 51.4 Å². The molecule has 2 aliphatic carbocycles. The van der Waals surface area contributed by atoms with Crippen molar-refractivity contribution < 1.29 is 13.2 Å². The summed E-state index contributed by atoms with van der Waals surface area (Å²) < 4.78 is 31.2. The van der Waals surface area contributed by atoms with Crippen LogP contribution in [0.15, 0.2) is 35.3 Å². The summed E-state index contributed by atoms with van der Waals surface area (Å²) in [5.41, 5.74) is 1.79. The highest BCUT2D eigenvalue weighted by Gasteiger charge is 2.37. The van der Waals surface area contributed by atoms with E-state index in [4.69, 9.17) is 21.6 Å². The van der Waals surface area contributed by atoms with Gasteiger partial charge in [0.15, 0.2) is 9.84 Å². The number of nitrogens with zero attached hydrogens (tertiary/aromatic N) is 4. The van der Waals surface area contributed by atoms with Gasteiger partial charge in [-0.1, -0.05) is 11.6 Å². The highest BCUT2D eigenvalue weighted by molar-refractivity contribution is 7.92. The van der Waals surface area contributed by atoms with Crippen molar-refractivity contribution in [1.82, 2.24) is 9.78 Å². The molecule has 2 saturated carbocycles. The Bertz CT molecular complexity index is 1300. The summed E-state index contributed by atoms with van der Waals surface area (Å²) in [7, 11) is -3.23. The molecule has 1 aromatic heterocycles. The average molecular weight is 532 g/mol. The number of nitriles is 1. The minimum atomic E-state index is -3.23. The van der Waals surface area contributed by atoms with Crippen molar-refractivity contribution in [2.24, 2.45) is 0 Å². The molecular formula is C25H30ClN5O4S. The number of rotatable bonds is 7. The van der Waals surface area contributed by atoms with Crippen LogP contribution in [-0.4, -0.2) is 61.0 Å². The van der Waals surface area contributed by atoms with Gasteiger partial charge in [0.05, 0.1) is 48.5 Å². The number of nitrogens with one attached hydrogen (secondary N) is 1. The first-order valence-corrected chi connectivity index (χ1v) is 14.6. The van der Waals surface area contributed by atoms with Gasteiger partial charge in [-0.3, -0.25) is 4.79 Å². The maximum absolute atomic E-state index is 13.0. The molecule has 0 amide bonds. The van der Waals surface area contributed by atoms with Crippen molar-refractivity contribution in [3.63, 3.8) is 0 Å². The molecule has 1 N–H and O–H groups in total. The van der Waals surface area contributed by atoms with Gasteiger partial charge in [-0.05, 0) is 62.8 Å². The standard InChI is InChI=1S/C25H30ClN5O4S/c26-24-23(28-14-22-16-35-11-12-36(22,33)34)15-29-31(25(24)32)21-9-7-20(8-10-21)30(19-5-6-19)18-3-1-17(13-27)2-4-18/h1-4,15,19-22,28H,5-12,14,16H2/t20-,21-,22-/m1/s1. The van der Waals surface area contributed by atoms with Crippen molar-refractivity contribution in [2.75, 3.05) is 35.7 Å². The highest BCUT2D eigenvalue weighted by Crippen LogP contribution is 2.39. The Kier molecular flexibility index (Phi) is 7.24. The Morgan fingerprint density at radius 1 is 1.14 bits per heavy atom. The molecule has 0 bridgehead atoms. The first-order valence-electron chi connectivity index (χ1n) is 12.5. The second-order valence-corrected chi connectivity index (χ2v) is 12.6. The second kappa shape index (κ2) is 10.4. The summed E-state index contributed by atoms with van der Waals surface area (Å²) in [6.45, 7) is 0.455. The van der Waals surface area contributed by atoms with Crippen LogP contribution >= 0.6 is 11.6 Å². The van der Waals surface area contributed by atoms with E-state index in [1.807, 2.05) is 24.3 Å². The Morgan fingerprint density at radius 2 is 1.81 bits per heavy atom. The number of sulfone groups is 1. The molecule has 1 aromatic carbocycles. The highest BCUT2D eigenvalue weighted by atomic mass is 35.5. The zero-order valence-corrected chi connectivity index (χ0v) is 21.5. The summed E-state index contributed by atoms with van der Waals surface area (Å²) in [5.74, 6) is -0.00104. The van der Waals surface area contributed by atoms with E-state index in [1.165, 1.54) is 23.7 Å². The molecule has 0 radical (unpaired) electrons. The third-order valence-electron chi connectivity index (χ3n) is 7.43. The smallest absolute Gasteiger partial charge is 0.287 e. The molecule has 192 valence electrons. The van der Waals surface area contributed by atoms with E-state index in [0.717, 1.165) is 31.4 Å². The normalized spacial score (nSPS) is 25.6. The van der Waals surface area contributed by atoms with Crippen LogP contribution in [-0.2, 0) is 14.6 Å². The zero-order chi connectivity index (χ0) is 25.3. The molecule has 2 heterocycles. The van der Waals surface area contributed by atoms with Crippen LogP contribution in [0, 0.1) is 11.3 Å². The fraction of sp³-hybridized carbons (Fsp3) is 0.560. The van der Waals surface area contributed by atoms with Crippen molar-refractivity contribution in [2.45, 2.75) is 61.9 Å². The fourth-order valence-corrected chi connectivity index (χ4v) is 6.79. The predicted molar refractivity (Wildman–Crippen MR) is 138 cm³/mol. The number of ether oxygens (including phenoxy) is 1. The predicted octanol–water partition coefficient (Wildman–Crippen LogP) is 3.15. The third-order valence-corrected chi connectivity index (χ3v) is 9.85. The topological polar surface area (TPSA) is 117 Å². The summed E-state index contributed by atoms with van der Waals surface area (Å²) in [6.07, 6.45) is 7.38. The Balaban J connectivity index is 1.24. The molecular weight excluding hydrogens is 502 g/mol. The number of aromatic nitrogens is 2. The van der Waals surface area contributed by atoms with Crippen molar-refractivity contribution >= 4 is 32.8 Å². The van der Waals surface area contributed by atoms with E-state index in [2.05, 4.69) is 21.4 Å². The van der Waals surface area contributed by atoms with E-state index in [0.29, 0.717) is 23.3 Å². The number of anilines is 2. The van der Waals surface area contributed by atoms with E-state index in [9.17, 15) is 13.2 Å². The molecule has 36 heavy (non-hydrogen) atoms. The van der Waals surface area contributed by atoms with Gasteiger partial charge in [0.1, 0.15) is 10.3 Å². The zero-order valence-electron chi connectivity index (χ0n) is 20.0. The number of hydrogen-bond donors (Lipinski definition) is 1. The first-order chi connectivity index (χ1) is 17.4. The molecule has 0 unspecified atom stereocenters. The number of halogens is 1. The van der Waals surface area contributed by atoms with Gasteiger partial charge in [-0.2, -0.15) is 10.4 Å². The van der Waals surface area contributed by atoms with Crippen LogP contribution in [0.2, 0.25) is 5.02 Å². The quantitative estimate of drug-likeness (QED) is 0.579. The molecule has 1 atom stereocenters. The van der Waals surface area contributed by atoms with Crippen LogP contribution in [0.4, 0.5) is 11.4 Å². The Hall–Kier alpha value is -2.61. The lowest BCUT2D eigenvalue weighted by Crippen LogP contribution is -2.42. The first kappa shape index (κ1) is 25.1. The Morgan fingerprint density at radius 3 is 2.42 bits per heavy atom. The summed E-state index contributed by atoms with van der Waals surface area (Å²) >= 11 is 6.39. The van der Waals surface area contributed by atoms with Crippen molar-refractivity contribution in [1.29, 1.82) is 5.26 Å². The van der Waals surface area contributed by atoms with Gasteiger partial charge in [-0.25, -0.2) is 13.1 Å². The molecule has 11 heteroatoms. The number of hydrogen-bond acceptors (Lipinski definition) is 8. The maximum Gasteiger partial charge on any atom is 0.287 e. The van der Waals surface area contributed by atoms with Gasteiger partial charge in [0, 0.05) is 24.3 Å². The van der Waals surface area contributed by atoms with E-state index >= 15 is 0 Å².